The first-order valence-electron chi connectivity index (χ1n) is 14.4. The van der Waals surface area contributed by atoms with Crippen molar-refractivity contribution in [1.82, 2.24) is 25.4 Å². The van der Waals surface area contributed by atoms with Crippen molar-refractivity contribution in [2.24, 2.45) is 12.5 Å². The summed E-state index contributed by atoms with van der Waals surface area (Å²) in [7, 11) is 5.34. The van der Waals surface area contributed by atoms with Gasteiger partial charge in [0.05, 0.1) is 6.04 Å². The van der Waals surface area contributed by atoms with Crippen LogP contribution in [0.2, 0.25) is 0 Å². The Hall–Kier alpha value is -3.66. The van der Waals surface area contributed by atoms with Crippen LogP contribution in [0.25, 0.3) is 10.9 Å². The number of benzene rings is 1. The maximum Gasteiger partial charge on any atom is 0.326 e. The van der Waals surface area contributed by atoms with Gasteiger partial charge in [0, 0.05) is 48.7 Å². The van der Waals surface area contributed by atoms with Crippen LogP contribution in [0.4, 0.5) is 0 Å². The summed E-state index contributed by atoms with van der Waals surface area (Å²) in [6.45, 7) is 13.2. The monoisotopic (exact) mass is 583 g/mol. The standard InChI is InChI=1S/C32H49N5O5/c1-11-14-23(30(41)42)34-27(38)20(2)17-18-36(9)29(40)26(31(3,4)5)35-28(39)25(33-8)32(6,7)22-19-37(10)24-16-13-12-15-21(22)24/h12-13,15-17,19,23,25-26,33H,11,14,18H2,1-10H3,(H,34,38)(H,35,39)(H,41,42)/b20-17+/t23-,25-,26?/m1/s1. The Bertz CT molecular complexity index is 1320. The predicted octanol–water partition coefficient (Wildman–Crippen LogP) is 3.35. The van der Waals surface area contributed by atoms with Crippen LogP contribution in [0.1, 0.15) is 66.9 Å². The van der Waals surface area contributed by atoms with Gasteiger partial charge in [-0.3, -0.25) is 14.4 Å². The van der Waals surface area contributed by atoms with Crippen molar-refractivity contribution in [2.45, 2.75) is 84.8 Å². The number of rotatable bonds is 13. The molecule has 3 atom stereocenters. The first-order valence-corrected chi connectivity index (χ1v) is 14.4. The average Bonchev–Trinajstić information content (AvgIpc) is 3.26. The summed E-state index contributed by atoms with van der Waals surface area (Å²) in [5.41, 5.74) is 1.18. The lowest BCUT2D eigenvalue weighted by atomic mass is 9.76. The second kappa shape index (κ2) is 14.0. The molecule has 0 saturated carbocycles. The van der Waals surface area contributed by atoms with Crippen LogP contribution in [-0.2, 0) is 31.6 Å². The van der Waals surface area contributed by atoms with Gasteiger partial charge in [0.2, 0.25) is 17.7 Å². The lowest BCUT2D eigenvalue weighted by Crippen LogP contribution is -2.60. The normalized spacial score (nSPS) is 14.7. The number of carboxylic acid groups (broad SMARTS) is 1. The quantitative estimate of drug-likeness (QED) is 0.268. The average molecular weight is 584 g/mol. The number of carbonyl (C=O) groups is 4. The first kappa shape index (κ1) is 34.5. The van der Waals surface area contributed by atoms with E-state index in [4.69, 9.17) is 0 Å². The summed E-state index contributed by atoms with van der Waals surface area (Å²) in [6.07, 6.45) is 4.57. The largest absolute Gasteiger partial charge is 0.480 e. The second-order valence-electron chi connectivity index (χ2n) is 12.7. The Morgan fingerprint density at radius 2 is 1.67 bits per heavy atom. The van der Waals surface area contributed by atoms with Crippen LogP contribution in [0.15, 0.2) is 42.1 Å². The molecule has 10 nitrogen and oxygen atoms in total. The number of likely N-dealkylation sites (N-methyl/N-ethyl adjacent to an activating group) is 2. The summed E-state index contributed by atoms with van der Waals surface area (Å²) in [4.78, 5) is 52.9. The van der Waals surface area contributed by atoms with E-state index in [9.17, 15) is 24.3 Å². The minimum atomic E-state index is -1.09. The number of carboxylic acids is 1. The van der Waals surface area contributed by atoms with E-state index in [1.807, 2.05) is 73.0 Å². The van der Waals surface area contributed by atoms with Crippen molar-refractivity contribution in [2.75, 3.05) is 20.6 Å². The Morgan fingerprint density at radius 3 is 2.21 bits per heavy atom. The molecule has 2 aromatic rings. The Labute approximate surface area is 249 Å². The van der Waals surface area contributed by atoms with Gasteiger partial charge in [0.1, 0.15) is 12.1 Å². The minimum Gasteiger partial charge on any atom is -0.480 e. The molecule has 4 N–H and O–H groups in total. The Kier molecular flexibility index (Phi) is 11.5. The number of nitrogens with zero attached hydrogens (tertiary/aromatic N) is 2. The van der Waals surface area contributed by atoms with Gasteiger partial charge in [-0.05, 0) is 37.4 Å². The molecule has 2 rings (SSSR count). The molecule has 232 valence electrons. The maximum atomic E-state index is 13.8. The van der Waals surface area contributed by atoms with Gasteiger partial charge in [0.15, 0.2) is 0 Å². The number of fused-ring (bicyclic) bond motifs is 1. The predicted molar refractivity (Wildman–Crippen MR) is 166 cm³/mol. The summed E-state index contributed by atoms with van der Waals surface area (Å²) in [5.74, 6) is -2.17. The molecule has 0 radical (unpaired) electrons. The highest BCUT2D eigenvalue weighted by Gasteiger charge is 2.41. The number of aliphatic carboxylic acids is 1. The van der Waals surface area contributed by atoms with E-state index >= 15 is 0 Å². The highest BCUT2D eigenvalue weighted by atomic mass is 16.4. The number of carbonyl (C=O) groups excluding carboxylic acids is 3. The van der Waals surface area contributed by atoms with E-state index in [1.165, 1.54) is 4.90 Å². The molecule has 10 heteroatoms. The van der Waals surface area contributed by atoms with Crippen LogP contribution >= 0.6 is 0 Å². The van der Waals surface area contributed by atoms with E-state index in [2.05, 4.69) is 26.6 Å². The zero-order valence-electron chi connectivity index (χ0n) is 26.8. The van der Waals surface area contributed by atoms with Gasteiger partial charge < -0.3 is 30.5 Å². The van der Waals surface area contributed by atoms with E-state index in [0.29, 0.717) is 18.4 Å². The molecule has 1 unspecified atom stereocenters. The van der Waals surface area contributed by atoms with E-state index in [0.717, 1.165) is 16.5 Å². The number of amides is 3. The van der Waals surface area contributed by atoms with Crippen molar-refractivity contribution in [3.05, 3.63) is 47.7 Å². The van der Waals surface area contributed by atoms with Crippen molar-refractivity contribution in [1.29, 1.82) is 0 Å². The number of aryl methyl sites for hydroxylation is 1. The minimum absolute atomic E-state index is 0.114. The zero-order valence-corrected chi connectivity index (χ0v) is 26.8. The third-order valence-corrected chi connectivity index (χ3v) is 7.85. The molecule has 0 aliphatic heterocycles. The Morgan fingerprint density at radius 1 is 1.05 bits per heavy atom. The van der Waals surface area contributed by atoms with Gasteiger partial charge in [-0.1, -0.05) is 72.2 Å². The third kappa shape index (κ3) is 8.00. The van der Waals surface area contributed by atoms with Gasteiger partial charge in [0.25, 0.3) is 0 Å². The topological polar surface area (TPSA) is 133 Å². The fourth-order valence-corrected chi connectivity index (χ4v) is 5.20. The highest BCUT2D eigenvalue weighted by molar-refractivity contribution is 5.96. The number of aromatic nitrogens is 1. The Balaban J connectivity index is 2.24. The molecular formula is C32H49N5O5. The fraction of sp³-hybridized carbons (Fsp3) is 0.562. The molecule has 1 aromatic heterocycles. The van der Waals surface area contributed by atoms with Crippen molar-refractivity contribution >= 4 is 34.6 Å². The van der Waals surface area contributed by atoms with Crippen molar-refractivity contribution < 1.29 is 24.3 Å². The molecule has 0 aliphatic rings. The molecule has 1 heterocycles. The van der Waals surface area contributed by atoms with E-state index < -0.39 is 40.8 Å². The van der Waals surface area contributed by atoms with Gasteiger partial charge >= 0.3 is 5.97 Å². The van der Waals surface area contributed by atoms with E-state index in [-0.39, 0.29) is 18.4 Å². The summed E-state index contributed by atoms with van der Waals surface area (Å²) < 4.78 is 2.05. The molecule has 0 saturated heterocycles. The molecule has 0 bridgehead atoms. The van der Waals surface area contributed by atoms with Crippen LogP contribution < -0.4 is 16.0 Å². The molecule has 0 aliphatic carbocycles. The highest BCUT2D eigenvalue weighted by Crippen LogP contribution is 2.34. The van der Waals surface area contributed by atoms with E-state index in [1.54, 1.807) is 27.1 Å². The van der Waals surface area contributed by atoms with Gasteiger partial charge in [-0.15, -0.1) is 0 Å². The van der Waals surface area contributed by atoms with Crippen LogP contribution in [0.5, 0.6) is 0 Å². The lowest BCUT2D eigenvalue weighted by molar-refractivity contribution is -0.141. The summed E-state index contributed by atoms with van der Waals surface area (Å²) >= 11 is 0. The number of hydrogen-bond donors (Lipinski definition) is 4. The molecule has 3 amide bonds. The third-order valence-electron chi connectivity index (χ3n) is 7.85. The van der Waals surface area contributed by atoms with Crippen LogP contribution in [0, 0.1) is 5.41 Å². The zero-order chi connectivity index (χ0) is 32.0. The number of nitrogens with one attached hydrogen (secondary N) is 3. The maximum absolute atomic E-state index is 13.8. The number of hydrogen-bond acceptors (Lipinski definition) is 5. The number of para-hydroxylation sites is 1. The van der Waals surface area contributed by atoms with Crippen LogP contribution in [0.3, 0.4) is 0 Å². The molecule has 42 heavy (non-hydrogen) atoms. The van der Waals surface area contributed by atoms with Gasteiger partial charge in [-0.2, -0.15) is 0 Å². The van der Waals surface area contributed by atoms with Crippen molar-refractivity contribution in [3.63, 3.8) is 0 Å². The van der Waals surface area contributed by atoms with Gasteiger partial charge in [-0.25, -0.2) is 4.79 Å². The fourth-order valence-electron chi connectivity index (χ4n) is 5.20. The summed E-state index contributed by atoms with van der Waals surface area (Å²) in [6, 6.07) is 5.62. The molecule has 1 aromatic carbocycles. The second-order valence-corrected chi connectivity index (χ2v) is 12.7. The molecular weight excluding hydrogens is 534 g/mol. The van der Waals surface area contributed by atoms with Crippen molar-refractivity contribution in [3.8, 4) is 0 Å². The summed E-state index contributed by atoms with van der Waals surface area (Å²) in [5, 5.41) is 19.1. The lowest BCUT2D eigenvalue weighted by Gasteiger charge is -2.38. The smallest absolute Gasteiger partial charge is 0.326 e. The molecule has 0 fully saturated rings. The van der Waals surface area contributed by atoms with Crippen LogP contribution in [-0.4, -0.2) is 77.0 Å². The molecule has 0 spiro atoms. The first-order chi connectivity index (χ1) is 19.5. The SMILES string of the molecule is CCC[C@@H](NC(=O)/C(C)=C/CN(C)C(=O)C(NC(=O)[C@@H](NC)C(C)(C)c1cn(C)c2ccccc12)C(C)(C)C)C(=O)O.